The molecule has 1 spiro atoms. The molecule has 2 heterocycles. The Bertz CT molecular complexity index is 360. The fourth-order valence-corrected chi connectivity index (χ4v) is 3.16. The van der Waals surface area contributed by atoms with Gasteiger partial charge in [0, 0.05) is 19.1 Å². The second-order valence-corrected chi connectivity index (χ2v) is 5.73. The van der Waals surface area contributed by atoms with Gasteiger partial charge in [0.05, 0.1) is 0 Å². The van der Waals surface area contributed by atoms with E-state index >= 15 is 0 Å². The first-order chi connectivity index (χ1) is 8.29. The van der Waals surface area contributed by atoms with E-state index in [1.807, 2.05) is 0 Å². The summed E-state index contributed by atoms with van der Waals surface area (Å²) in [5, 5.41) is 3.43. The predicted octanol–water partition coefficient (Wildman–Crippen LogP) is 2.43. The van der Waals surface area contributed by atoms with E-state index in [0.29, 0.717) is 11.5 Å². The molecule has 0 saturated carbocycles. The van der Waals surface area contributed by atoms with Crippen molar-refractivity contribution in [1.82, 2.24) is 10.2 Å². The molecule has 2 heteroatoms. The molecule has 1 aromatic carbocycles. The van der Waals surface area contributed by atoms with E-state index in [0.717, 1.165) is 0 Å². The lowest BCUT2D eigenvalue weighted by Crippen LogP contribution is -2.58. The van der Waals surface area contributed by atoms with Crippen LogP contribution in [0, 0.1) is 5.41 Å². The van der Waals surface area contributed by atoms with E-state index in [2.05, 4.69) is 47.5 Å². The lowest BCUT2D eigenvalue weighted by Gasteiger charge is -2.49. The van der Waals surface area contributed by atoms with Gasteiger partial charge in [-0.15, -0.1) is 0 Å². The van der Waals surface area contributed by atoms with Gasteiger partial charge in [0.2, 0.25) is 0 Å². The van der Waals surface area contributed by atoms with Gasteiger partial charge in [0.25, 0.3) is 0 Å². The van der Waals surface area contributed by atoms with Crippen LogP contribution in [0.3, 0.4) is 0 Å². The normalized spacial score (nSPS) is 25.5. The van der Waals surface area contributed by atoms with Gasteiger partial charge in [-0.1, -0.05) is 30.3 Å². The molecule has 0 bridgehead atoms. The lowest BCUT2D eigenvalue weighted by atomic mass is 9.73. The molecular formula is C15H22N2. The summed E-state index contributed by atoms with van der Waals surface area (Å²) in [5.74, 6) is 0. The Hall–Kier alpha value is -0.860. The Kier molecular flexibility index (Phi) is 2.93. The van der Waals surface area contributed by atoms with Crippen molar-refractivity contribution in [3.63, 3.8) is 0 Å². The van der Waals surface area contributed by atoms with Crippen molar-refractivity contribution in [2.24, 2.45) is 5.41 Å². The first-order valence-corrected chi connectivity index (χ1v) is 6.79. The smallest absolute Gasteiger partial charge is 0.0319 e. The summed E-state index contributed by atoms with van der Waals surface area (Å²) in [5.41, 5.74) is 2.11. The molecule has 1 N–H and O–H groups in total. The van der Waals surface area contributed by atoms with E-state index < -0.39 is 0 Å². The minimum Gasteiger partial charge on any atom is -0.316 e. The van der Waals surface area contributed by atoms with Crippen LogP contribution >= 0.6 is 0 Å². The van der Waals surface area contributed by atoms with E-state index in [1.54, 1.807) is 0 Å². The molecule has 0 amide bonds. The van der Waals surface area contributed by atoms with Crippen LogP contribution in [-0.2, 0) is 0 Å². The topological polar surface area (TPSA) is 15.3 Å². The molecule has 17 heavy (non-hydrogen) atoms. The summed E-state index contributed by atoms with van der Waals surface area (Å²) in [4.78, 5) is 2.64. The molecule has 2 saturated heterocycles. The highest BCUT2D eigenvalue weighted by molar-refractivity contribution is 5.18. The maximum atomic E-state index is 3.43. The highest BCUT2D eigenvalue weighted by Gasteiger charge is 2.40. The van der Waals surface area contributed by atoms with Crippen LogP contribution in [-0.4, -0.2) is 31.1 Å². The number of rotatable bonds is 2. The summed E-state index contributed by atoms with van der Waals surface area (Å²) < 4.78 is 0. The summed E-state index contributed by atoms with van der Waals surface area (Å²) in [6.07, 6.45) is 2.74. The zero-order valence-corrected chi connectivity index (χ0v) is 10.7. The fraction of sp³-hybridized carbons (Fsp3) is 0.600. The zero-order valence-electron chi connectivity index (χ0n) is 10.7. The van der Waals surface area contributed by atoms with Crippen LogP contribution in [0.2, 0.25) is 0 Å². The molecule has 0 radical (unpaired) electrons. The van der Waals surface area contributed by atoms with Crippen LogP contribution in [0.5, 0.6) is 0 Å². The standard InChI is InChI=1S/C15H22N2/c1-13(14-5-3-2-4-6-14)17-9-7-15(8-10-17)11-16-12-15/h2-6,13,16H,7-12H2,1H3. The minimum atomic E-state index is 0.571. The largest absolute Gasteiger partial charge is 0.316 e. The number of likely N-dealkylation sites (tertiary alicyclic amines) is 1. The van der Waals surface area contributed by atoms with Crippen LogP contribution in [0.4, 0.5) is 0 Å². The molecule has 3 rings (SSSR count). The molecule has 1 unspecified atom stereocenters. The van der Waals surface area contributed by atoms with Crippen molar-refractivity contribution in [3.8, 4) is 0 Å². The Balaban J connectivity index is 1.63. The van der Waals surface area contributed by atoms with Crippen LogP contribution in [0.25, 0.3) is 0 Å². The summed E-state index contributed by atoms with van der Waals surface area (Å²) in [6.45, 7) is 7.36. The van der Waals surface area contributed by atoms with Crippen molar-refractivity contribution in [3.05, 3.63) is 35.9 Å². The van der Waals surface area contributed by atoms with E-state index in [-0.39, 0.29) is 0 Å². The Labute approximate surface area is 104 Å². The third-order valence-electron chi connectivity index (χ3n) is 4.69. The van der Waals surface area contributed by atoms with Gasteiger partial charge < -0.3 is 5.32 Å². The van der Waals surface area contributed by atoms with Gasteiger partial charge in [0.1, 0.15) is 0 Å². The molecule has 92 valence electrons. The van der Waals surface area contributed by atoms with Crippen LogP contribution < -0.4 is 5.32 Å². The Morgan fingerprint density at radius 2 is 1.76 bits per heavy atom. The second kappa shape index (κ2) is 4.43. The molecule has 2 fully saturated rings. The highest BCUT2D eigenvalue weighted by atomic mass is 15.2. The number of hydrogen-bond donors (Lipinski definition) is 1. The maximum Gasteiger partial charge on any atom is 0.0319 e. The van der Waals surface area contributed by atoms with Gasteiger partial charge in [0.15, 0.2) is 0 Å². The van der Waals surface area contributed by atoms with E-state index in [1.165, 1.54) is 44.6 Å². The third-order valence-corrected chi connectivity index (χ3v) is 4.69. The average molecular weight is 230 g/mol. The van der Waals surface area contributed by atoms with Gasteiger partial charge in [-0.3, -0.25) is 4.90 Å². The van der Waals surface area contributed by atoms with Crippen molar-refractivity contribution < 1.29 is 0 Å². The van der Waals surface area contributed by atoms with Gasteiger partial charge in [-0.25, -0.2) is 0 Å². The molecule has 2 aliphatic rings. The fourth-order valence-electron chi connectivity index (χ4n) is 3.16. The Morgan fingerprint density at radius 1 is 1.12 bits per heavy atom. The molecule has 2 nitrogen and oxygen atoms in total. The van der Waals surface area contributed by atoms with Gasteiger partial charge in [-0.2, -0.15) is 0 Å². The lowest BCUT2D eigenvalue weighted by molar-refractivity contribution is 0.0380. The third kappa shape index (κ3) is 2.12. The van der Waals surface area contributed by atoms with Crippen molar-refractivity contribution in [2.45, 2.75) is 25.8 Å². The molecule has 0 aromatic heterocycles. The predicted molar refractivity (Wildman–Crippen MR) is 71.0 cm³/mol. The molecule has 2 aliphatic heterocycles. The summed E-state index contributed by atoms with van der Waals surface area (Å²) in [7, 11) is 0. The van der Waals surface area contributed by atoms with Gasteiger partial charge in [-0.05, 0) is 43.8 Å². The van der Waals surface area contributed by atoms with Crippen molar-refractivity contribution >= 4 is 0 Å². The van der Waals surface area contributed by atoms with Crippen molar-refractivity contribution in [1.29, 1.82) is 0 Å². The van der Waals surface area contributed by atoms with Crippen molar-refractivity contribution in [2.75, 3.05) is 26.2 Å². The van der Waals surface area contributed by atoms with Gasteiger partial charge >= 0.3 is 0 Å². The summed E-state index contributed by atoms with van der Waals surface area (Å²) >= 11 is 0. The Morgan fingerprint density at radius 3 is 2.29 bits per heavy atom. The highest BCUT2D eigenvalue weighted by Crippen LogP contribution is 2.37. The monoisotopic (exact) mass is 230 g/mol. The first kappa shape index (κ1) is 11.2. The first-order valence-electron chi connectivity index (χ1n) is 6.79. The second-order valence-electron chi connectivity index (χ2n) is 5.73. The number of benzene rings is 1. The van der Waals surface area contributed by atoms with Crippen LogP contribution in [0.1, 0.15) is 31.4 Å². The van der Waals surface area contributed by atoms with Crippen LogP contribution in [0.15, 0.2) is 30.3 Å². The molecule has 1 aromatic rings. The number of hydrogen-bond acceptors (Lipinski definition) is 2. The molecule has 1 atom stereocenters. The molecule has 0 aliphatic carbocycles. The zero-order chi connectivity index (χ0) is 11.7. The minimum absolute atomic E-state index is 0.571. The van der Waals surface area contributed by atoms with E-state index in [4.69, 9.17) is 0 Å². The average Bonchev–Trinajstić information content (AvgIpc) is 2.37. The number of piperidine rings is 1. The number of nitrogens with zero attached hydrogens (tertiary/aromatic N) is 1. The number of nitrogens with one attached hydrogen (secondary N) is 1. The quantitative estimate of drug-likeness (QED) is 0.839. The maximum absolute atomic E-state index is 3.43. The molecular weight excluding hydrogens is 208 g/mol. The van der Waals surface area contributed by atoms with E-state index in [9.17, 15) is 0 Å². The SMILES string of the molecule is CC(c1ccccc1)N1CCC2(CC1)CNC2. The summed E-state index contributed by atoms with van der Waals surface area (Å²) in [6, 6.07) is 11.5.